The van der Waals surface area contributed by atoms with Crippen LogP contribution in [0.15, 0.2) is 36.4 Å². The molecule has 2 N–H and O–H groups in total. The summed E-state index contributed by atoms with van der Waals surface area (Å²) in [6, 6.07) is 9.16. The number of aliphatic hydroxyl groups is 1. The number of carbonyl (C=O) groups excluding carboxylic acids is 1. The van der Waals surface area contributed by atoms with Crippen molar-refractivity contribution in [1.82, 2.24) is 4.90 Å². The van der Waals surface area contributed by atoms with E-state index in [0.717, 1.165) is 23.3 Å². The maximum absolute atomic E-state index is 13.7. The molecule has 1 aliphatic rings. The van der Waals surface area contributed by atoms with Gasteiger partial charge in [-0.25, -0.2) is 8.78 Å². The highest BCUT2D eigenvalue weighted by Crippen LogP contribution is 2.30. The minimum absolute atomic E-state index is 0.0171. The molecule has 0 saturated carbocycles. The van der Waals surface area contributed by atoms with Crippen molar-refractivity contribution in [3.05, 3.63) is 64.7 Å². The van der Waals surface area contributed by atoms with E-state index >= 15 is 0 Å². The molecule has 25 heavy (non-hydrogen) atoms. The van der Waals surface area contributed by atoms with E-state index in [-0.39, 0.29) is 24.6 Å². The zero-order valence-electron chi connectivity index (χ0n) is 13.9. The fourth-order valence-corrected chi connectivity index (χ4v) is 3.05. The predicted octanol–water partition coefficient (Wildman–Crippen LogP) is 2.84. The summed E-state index contributed by atoms with van der Waals surface area (Å²) < 4.78 is 27.4. The maximum atomic E-state index is 13.7. The Kier molecular flexibility index (Phi) is 5.11. The lowest BCUT2D eigenvalue weighted by Gasteiger charge is -2.21. The monoisotopic (exact) mass is 346 g/mol. The Morgan fingerprint density at radius 3 is 2.56 bits per heavy atom. The van der Waals surface area contributed by atoms with Gasteiger partial charge in [0.05, 0.1) is 13.0 Å². The molecule has 3 rings (SSSR count). The highest BCUT2D eigenvalue weighted by atomic mass is 19.1. The van der Waals surface area contributed by atoms with Gasteiger partial charge in [-0.2, -0.15) is 0 Å². The molecule has 1 amide bonds. The van der Waals surface area contributed by atoms with E-state index in [9.17, 15) is 18.7 Å². The van der Waals surface area contributed by atoms with Crippen molar-refractivity contribution in [3.63, 3.8) is 0 Å². The number of nitrogens with one attached hydrogen (secondary N) is 1. The lowest BCUT2D eigenvalue weighted by Crippen LogP contribution is -2.30. The van der Waals surface area contributed by atoms with Crippen LogP contribution in [0.1, 0.15) is 23.6 Å². The van der Waals surface area contributed by atoms with Crippen LogP contribution in [0, 0.1) is 11.6 Å². The summed E-state index contributed by atoms with van der Waals surface area (Å²) in [5, 5.41) is 12.1. The van der Waals surface area contributed by atoms with Gasteiger partial charge >= 0.3 is 0 Å². The van der Waals surface area contributed by atoms with Crippen molar-refractivity contribution in [3.8, 4) is 0 Å². The van der Waals surface area contributed by atoms with Crippen LogP contribution >= 0.6 is 0 Å². The number of nitrogens with zero attached hydrogens (tertiary/aromatic N) is 1. The number of halogens is 2. The molecule has 1 atom stereocenters. The summed E-state index contributed by atoms with van der Waals surface area (Å²) in [5.41, 5.74) is 2.47. The van der Waals surface area contributed by atoms with Gasteiger partial charge in [0.2, 0.25) is 5.91 Å². The molecular formula is C19H20F2N2O2. The molecule has 2 aromatic carbocycles. The van der Waals surface area contributed by atoms with E-state index in [2.05, 4.69) is 10.2 Å². The van der Waals surface area contributed by atoms with Crippen LogP contribution in [0.5, 0.6) is 0 Å². The van der Waals surface area contributed by atoms with E-state index in [1.165, 1.54) is 6.07 Å². The molecule has 4 nitrogen and oxygen atoms in total. The van der Waals surface area contributed by atoms with Gasteiger partial charge in [0.1, 0.15) is 11.6 Å². The summed E-state index contributed by atoms with van der Waals surface area (Å²) in [6.45, 7) is 3.30. The third kappa shape index (κ3) is 3.70. The second-order valence-corrected chi connectivity index (χ2v) is 6.30. The smallest absolute Gasteiger partial charge is 0.229 e. The lowest BCUT2D eigenvalue weighted by molar-refractivity contribution is -0.115. The van der Waals surface area contributed by atoms with Crippen molar-refractivity contribution < 1.29 is 18.7 Å². The average molecular weight is 346 g/mol. The number of carbonyl (C=O) groups is 1. The predicted molar refractivity (Wildman–Crippen MR) is 90.9 cm³/mol. The number of rotatable bonds is 5. The van der Waals surface area contributed by atoms with Crippen molar-refractivity contribution in [2.24, 2.45) is 0 Å². The Labute approximate surface area is 145 Å². The molecule has 1 unspecified atom stereocenters. The third-order valence-corrected chi connectivity index (χ3v) is 4.57. The standard InChI is InChI=1S/C19H20F2N2O2/c1-12(11-24)23-9-13-4-2-7-18(15(13)10-23)22-19(25)8-14-16(20)5-3-6-17(14)21/h2-7,12,24H,8-11H2,1H3,(H,22,25). The quantitative estimate of drug-likeness (QED) is 0.875. The van der Waals surface area contributed by atoms with Crippen LogP contribution in [0.3, 0.4) is 0 Å². The van der Waals surface area contributed by atoms with Crippen LogP contribution < -0.4 is 5.32 Å². The second kappa shape index (κ2) is 7.29. The van der Waals surface area contributed by atoms with Gasteiger partial charge in [0.15, 0.2) is 0 Å². The highest BCUT2D eigenvalue weighted by Gasteiger charge is 2.25. The first-order chi connectivity index (χ1) is 12.0. The summed E-state index contributed by atoms with van der Waals surface area (Å²) in [6.07, 6.45) is -0.362. The second-order valence-electron chi connectivity index (χ2n) is 6.30. The Bertz CT molecular complexity index is 775. The number of hydrogen-bond donors (Lipinski definition) is 2. The SMILES string of the molecule is CC(CO)N1Cc2cccc(NC(=O)Cc3c(F)cccc3F)c2C1. The summed E-state index contributed by atoms with van der Waals surface area (Å²) in [4.78, 5) is 14.4. The van der Waals surface area contributed by atoms with Gasteiger partial charge in [0.25, 0.3) is 0 Å². The Morgan fingerprint density at radius 2 is 1.88 bits per heavy atom. The third-order valence-electron chi connectivity index (χ3n) is 4.57. The molecule has 6 heteroatoms. The van der Waals surface area contributed by atoms with E-state index in [0.29, 0.717) is 18.8 Å². The summed E-state index contributed by atoms with van der Waals surface area (Å²) >= 11 is 0. The molecule has 0 radical (unpaired) electrons. The zero-order chi connectivity index (χ0) is 18.0. The van der Waals surface area contributed by atoms with Crippen LogP contribution in [0.25, 0.3) is 0 Å². The Hall–Kier alpha value is -2.31. The molecule has 0 saturated heterocycles. The van der Waals surface area contributed by atoms with Crippen molar-refractivity contribution in [2.45, 2.75) is 32.5 Å². The van der Waals surface area contributed by atoms with Crippen molar-refractivity contribution in [1.29, 1.82) is 0 Å². The highest BCUT2D eigenvalue weighted by molar-refractivity contribution is 5.93. The van der Waals surface area contributed by atoms with E-state index in [1.54, 1.807) is 6.07 Å². The molecule has 1 aliphatic heterocycles. The lowest BCUT2D eigenvalue weighted by atomic mass is 10.1. The molecule has 0 bridgehead atoms. The number of fused-ring (bicyclic) bond motifs is 1. The van der Waals surface area contributed by atoms with Gasteiger partial charge in [-0.3, -0.25) is 9.69 Å². The van der Waals surface area contributed by atoms with E-state index < -0.39 is 17.5 Å². The van der Waals surface area contributed by atoms with Crippen molar-refractivity contribution in [2.75, 3.05) is 11.9 Å². The number of hydrogen-bond acceptors (Lipinski definition) is 3. The van der Waals surface area contributed by atoms with Gasteiger partial charge in [0, 0.05) is 30.4 Å². The molecule has 0 spiro atoms. The number of anilines is 1. The number of amides is 1. The molecule has 2 aromatic rings. The largest absolute Gasteiger partial charge is 0.395 e. The fraction of sp³-hybridized carbons (Fsp3) is 0.316. The van der Waals surface area contributed by atoms with E-state index in [1.807, 2.05) is 19.1 Å². The zero-order valence-corrected chi connectivity index (χ0v) is 13.9. The van der Waals surface area contributed by atoms with E-state index in [4.69, 9.17) is 0 Å². The van der Waals surface area contributed by atoms with Gasteiger partial charge < -0.3 is 10.4 Å². The molecule has 0 fully saturated rings. The molecular weight excluding hydrogens is 326 g/mol. The van der Waals surface area contributed by atoms with Crippen LogP contribution in [-0.2, 0) is 24.3 Å². The van der Waals surface area contributed by atoms with Gasteiger partial charge in [-0.1, -0.05) is 18.2 Å². The average Bonchev–Trinajstić information content (AvgIpc) is 3.03. The Morgan fingerprint density at radius 1 is 1.20 bits per heavy atom. The normalized spacial score (nSPS) is 15.0. The van der Waals surface area contributed by atoms with Crippen LogP contribution in [0.2, 0.25) is 0 Å². The molecule has 0 aromatic heterocycles. The summed E-state index contributed by atoms with van der Waals surface area (Å²) in [5.74, 6) is -1.92. The first-order valence-corrected chi connectivity index (χ1v) is 8.18. The van der Waals surface area contributed by atoms with Gasteiger partial charge in [-0.05, 0) is 36.2 Å². The first-order valence-electron chi connectivity index (χ1n) is 8.18. The molecule has 0 aliphatic carbocycles. The fourth-order valence-electron chi connectivity index (χ4n) is 3.05. The number of aliphatic hydroxyl groups excluding tert-OH is 1. The molecule has 132 valence electrons. The van der Waals surface area contributed by atoms with Crippen LogP contribution in [-0.4, -0.2) is 28.6 Å². The topological polar surface area (TPSA) is 52.6 Å². The van der Waals surface area contributed by atoms with Crippen LogP contribution in [0.4, 0.5) is 14.5 Å². The minimum atomic E-state index is -0.726. The Balaban J connectivity index is 1.75. The van der Waals surface area contributed by atoms with Gasteiger partial charge in [-0.15, -0.1) is 0 Å². The number of benzene rings is 2. The maximum Gasteiger partial charge on any atom is 0.229 e. The molecule has 1 heterocycles. The van der Waals surface area contributed by atoms with Crippen molar-refractivity contribution >= 4 is 11.6 Å². The first kappa shape index (κ1) is 17.5. The minimum Gasteiger partial charge on any atom is -0.395 e. The summed E-state index contributed by atoms with van der Waals surface area (Å²) in [7, 11) is 0.